The average Bonchev–Trinajstić information content (AvgIpc) is 2.73. The molecule has 3 rings (SSSR count). The van der Waals surface area contributed by atoms with Crippen LogP contribution in [0.25, 0.3) is 0 Å². The number of hydrogen-bond acceptors (Lipinski definition) is 3. The standard InChI is InChI=1S/C13H22N4/c1-2-10(3-1)4-5-14-7-11-6-12-13(8-15-11)17-9-16-12/h9-11,14-15H,1-8H2,(H,16,17). The molecule has 1 fully saturated rings. The Kier molecular flexibility index (Phi) is 3.43. The van der Waals surface area contributed by atoms with Crippen molar-refractivity contribution in [3.05, 3.63) is 17.7 Å². The zero-order chi connectivity index (χ0) is 11.5. The summed E-state index contributed by atoms with van der Waals surface area (Å²) < 4.78 is 0. The monoisotopic (exact) mass is 234 g/mol. The van der Waals surface area contributed by atoms with E-state index in [0.29, 0.717) is 6.04 Å². The van der Waals surface area contributed by atoms with Gasteiger partial charge in [-0.05, 0) is 18.9 Å². The summed E-state index contributed by atoms with van der Waals surface area (Å²) in [5.41, 5.74) is 2.50. The van der Waals surface area contributed by atoms with E-state index in [1.165, 1.54) is 43.6 Å². The van der Waals surface area contributed by atoms with Gasteiger partial charge in [-0.2, -0.15) is 0 Å². The lowest BCUT2D eigenvalue weighted by Crippen LogP contribution is -2.43. The SMILES string of the molecule is c1nc2c([nH]1)CNC(CNCCC1CCC1)C2. The van der Waals surface area contributed by atoms with E-state index in [0.717, 1.165) is 25.4 Å². The van der Waals surface area contributed by atoms with Crippen LogP contribution >= 0.6 is 0 Å². The molecular formula is C13H22N4. The molecule has 4 nitrogen and oxygen atoms in total. The van der Waals surface area contributed by atoms with Crippen LogP contribution in [0, 0.1) is 5.92 Å². The van der Waals surface area contributed by atoms with Crippen LogP contribution in [0.5, 0.6) is 0 Å². The first kappa shape index (κ1) is 11.2. The number of H-pyrrole nitrogens is 1. The Bertz CT molecular complexity index is 356. The summed E-state index contributed by atoms with van der Waals surface area (Å²) in [4.78, 5) is 7.54. The highest BCUT2D eigenvalue weighted by Gasteiger charge is 2.20. The summed E-state index contributed by atoms with van der Waals surface area (Å²) in [6.07, 6.45) is 8.59. The lowest BCUT2D eigenvalue weighted by Gasteiger charge is -2.26. The molecule has 0 aromatic carbocycles. The van der Waals surface area contributed by atoms with Gasteiger partial charge in [-0.1, -0.05) is 19.3 Å². The molecule has 17 heavy (non-hydrogen) atoms. The maximum absolute atomic E-state index is 4.36. The molecule has 0 saturated heterocycles. The summed E-state index contributed by atoms with van der Waals surface area (Å²) in [6, 6.07) is 0.548. The molecule has 2 heterocycles. The van der Waals surface area contributed by atoms with Crippen molar-refractivity contribution in [2.75, 3.05) is 13.1 Å². The first-order valence-electron chi connectivity index (χ1n) is 6.87. The maximum Gasteiger partial charge on any atom is 0.0925 e. The van der Waals surface area contributed by atoms with Crippen molar-refractivity contribution in [1.29, 1.82) is 0 Å². The fourth-order valence-electron chi connectivity index (χ4n) is 2.74. The number of hydrogen-bond donors (Lipinski definition) is 3. The molecule has 3 N–H and O–H groups in total. The second-order valence-corrected chi connectivity index (χ2v) is 5.40. The Labute approximate surface area is 103 Å². The van der Waals surface area contributed by atoms with Crippen LogP contribution < -0.4 is 10.6 Å². The molecule has 1 aromatic rings. The van der Waals surface area contributed by atoms with E-state index < -0.39 is 0 Å². The van der Waals surface area contributed by atoms with Crippen LogP contribution in [0.1, 0.15) is 37.1 Å². The van der Waals surface area contributed by atoms with Crippen LogP contribution in [0.3, 0.4) is 0 Å². The summed E-state index contributed by atoms with van der Waals surface area (Å²) in [5, 5.41) is 7.12. The lowest BCUT2D eigenvalue weighted by atomic mass is 9.83. The van der Waals surface area contributed by atoms with Gasteiger partial charge in [-0.25, -0.2) is 4.98 Å². The van der Waals surface area contributed by atoms with E-state index in [1.807, 2.05) is 0 Å². The van der Waals surface area contributed by atoms with Crippen LogP contribution in [0.4, 0.5) is 0 Å². The van der Waals surface area contributed by atoms with Gasteiger partial charge in [0.25, 0.3) is 0 Å². The maximum atomic E-state index is 4.36. The lowest BCUT2D eigenvalue weighted by molar-refractivity contribution is 0.289. The van der Waals surface area contributed by atoms with Gasteiger partial charge >= 0.3 is 0 Å². The molecule has 1 aliphatic carbocycles. The minimum Gasteiger partial charge on any atom is -0.347 e. The second kappa shape index (κ2) is 5.19. The number of aromatic amines is 1. The largest absolute Gasteiger partial charge is 0.347 e. The molecule has 2 aliphatic rings. The third-order valence-electron chi connectivity index (χ3n) is 4.16. The summed E-state index contributed by atoms with van der Waals surface area (Å²) in [5.74, 6) is 1.01. The van der Waals surface area contributed by atoms with Crippen molar-refractivity contribution in [1.82, 2.24) is 20.6 Å². The Hall–Kier alpha value is -0.870. The van der Waals surface area contributed by atoms with Crippen molar-refractivity contribution in [2.24, 2.45) is 5.92 Å². The van der Waals surface area contributed by atoms with Crippen molar-refractivity contribution >= 4 is 0 Å². The Morgan fingerprint density at radius 1 is 1.41 bits per heavy atom. The number of imidazole rings is 1. The van der Waals surface area contributed by atoms with Crippen LogP contribution in [-0.2, 0) is 13.0 Å². The number of nitrogens with zero attached hydrogens (tertiary/aromatic N) is 1. The molecule has 4 heteroatoms. The van der Waals surface area contributed by atoms with E-state index >= 15 is 0 Å². The summed E-state index contributed by atoms with van der Waals surface area (Å²) >= 11 is 0. The average molecular weight is 234 g/mol. The smallest absolute Gasteiger partial charge is 0.0925 e. The first-order chi connectivity index (χ1) is 8.42. The van der Waals surface area contributed by atoms with Gasteiger partial charge in [0.05, 0.1) is 17.7 Å². The fraction of sp³-hybridized carbons (Fsp3) is 0.769. The number of aromatic nitrogens is 2. The first-order valence-corrected chi connectivity index (χ1v) is 6.87. The minimum atomic E-state index is 0.548. The Morgan fingerprint density at radius 2 is 2.35 bits per heavy atom. The van der Waals surface area contributed by atoms with Crippen LogP contribution in [-0.4, -0.2) is 29.1 Å². The molecule has 1 atom stereocenters. The fourth-order valence-corrected chi connectivity index (χ4v) is 2.74. The highest BCUT2D eigenvalue weighted by atomic mass is 15.0. The van der Waals surface area contributed by atoms with E-state index in [-0.39, 0.29) is 0 Å². The molecule has 94 valence electrons. The topological polar surface area (TPSA) is 52.7 Å². The molecule has 1 unspecified atom stereocenters. The molecule has 1 aliphatic heterocycles. The highest BCUT2D eigenvalue weighted by Crippen LogP contribution is 2.28. The predicted molar refractivity (Wildman–Crippen MR) is 67.7 cm³/mol. The molecule has 1 aromatic heterocycles. The van der Waals surface area contributed by atoms with Gasteiger partial charge in [0.15, 0.2) is 0 Å². The Morgan fingerprint density at radius 3 is 3.18 bits per heavy atom. The van der Waals surface area contributed by atoms with Gasteiger partial charge < -0.3 is 15.6 Å². The van der Waals surface area contributed by atoms with Crippen LogP contribution in [0.2, 0.25) is 0 Å². The zero-order valence-corrected chi connectivity index (χ0v) is 10.3. The second-order valence-electron chi connectivity index (χ2n) is 5.40. The van der Waals surface area contributed by atoms with E-state index in [1.54, 1.807) is 6.33 Å². The van der Waals surface area contributed by atoms with Gasteiger partial charge in [0.2, 0.25) is 0 Å². The molecule has 0 radical (unpaired) electrons. The number of nitrogens with one attached hydrogen (secondary N) is 3. The summed E-state index contributed by atoms with van der Waals surface area (Å²) in [7, 11) is 0. The molecular weight excluding hydrogens is 212 g/mol. The van der Waals surface area contributed by atoms with E-state index in [2.05, 4.69) is 20.6 Å². The zero-order valence-electron chi connectivity index (χ0n) is 10.3. The highest BCUT2D eigenvalue weighted by molar-refractivity contribution is 5.15. The normalized spacial score (nSPS) is 24.4. The van der Waals surface area contributed by atoms with Crippen LogP contribution in [0.15, 0.2) is 6.33 Å². The number of fused-ring (bicyclic) bond motifs is 1. The minimum absolute atomic E-state index is 0.548. The van der Waals surface area contributed by atoms with Crippen molar-refractivity contribution in [2.45, 2.75) is 44.7 Å². The predicted octanol–water partition coefficient (Wildman–Crippen LogP) is 1.20. The molecule has 0 amide bonds. The van der Waals surface area contributed by atoms with Gasteiger partial charge in [0, 0.05) is 25.6 Å². The molecule has 0 spiro atoms. The summed E-state index contributed by atoms with van der Waals surface area (Å²) in [6.45, 7) is 3.18. The van der Waals surface area contributed by atoms with Gasteiger partial charge in [-0.15, -0.1) is 0 Å². The van der Waals surface area contributed by atoms with Gasteiger partial charge in [0.1, 0.15) is 0 Å². The van der Waals surface area contributed by atoms with E-state index in [9.17, 15) is 0 Å². The quantitative estimate of drug-likeness (QED) is 0.671. The number of rotatable bonds is 5. The van der Waals surface area contributed by atoms with Crippen molar-refractivity contribution in [3.8, 4) is 0 Å². The van der Waals surface area contributed by atoms with Crippen molar-refractivity contribution in [3.63, 3.8) is 0 Å². The molecule has 1 saturated carbocycles. The Balaban J connectivity index is 1.36. The van der Waals surface area contributed by atoms with Crippen molar-refractivity contribution < 1.29 is 0 Å². The third-order valence-corrected chi connectivity index (χ3v) is 4.16. The molecule has 0 bridgehead atoms. The van der Waals surface area contributed by atoms with E-state index in [4.69, 9.17) is 0 Å². The van der Waals surface area contributed by atoms with Gasteiger partial charge in [-0.3, -0.25) is 0 Å². The third kappa shape index (κ3) is 2.69.